The quantitative estimate of drug-likeness (QED) is 0.813. The number of hydrogen-bond donors (Lipinski definition) is 1. The maximum absolute atomic E-state index is 13.3. The van der Waals surface area contributed by atoms with Gasteiger partial charge in [-0.15, -0.1) is 11.3 Å². The molecule has 7 heteroatoms. The van der Waals surface area contributed by atoms with E-state index in [0.717, 1.165) is 31.6 Å². The molecule has 1 atom stereocenters. The molecule has 0 aliphatic carbocycles. The monoisotopic (exact) mass is 366 g/mol. The average molecular weight is 366 g/mol. The highest BCUT2D eigenvalue weighted by atomic mass is 32.1. The van der Waals surface area contributed by atoms with Gasteiger partial charge in [-0.2, -0.15) is 0 Å². The van der Waals surface area contributed by atoms with Crippen molar-refractivity contribution in [2.75, 3.05) is 25.0 Å². The largest absolute Gasteiger partial charge is 0.377 e. The molecule has 25 heavy (non-hydrogen) atoms. The SMILES string of the molecule is O=C(CN(Cc1cccs1)C[C@H]1CCCO1)Nc1ccc(F)c(F)c1. The summed E-state index contributed by atoms with van der Waals surface area (Å²) in [5, 5.41) is 4.62. The van der Waals surface area contributed by atoms with E-state index in [9.17, 15) is 13.6 Å². The van der Waals surface area contributed by atoms with Crippen molar-refractivity contribution >= 4 is 22.9 Å². The number of nitrogens with one attached hydrogen (secondary N) is 1. The van der Waals surface area contributed by atoms with Gasteiger partial charge in [0.05, 0.1) is 12.6 Å². The summed E-state index contributed by atoms with van der Waals surface area (Å²) < 4.78 is 31.9. The molecule has 2 heterocycles. The van der Waals surface area contributed by atoms with Crippen molar-refractivity contribution in [3.05, 3.63) is 52.2 Å². The number of amides is 1. The first-order valence-corrected chi connectivity index (χ1v) is 9.09. The zero-order valence-corrected chi connectivity index (χ0v) is 14.5. The maximum atomic E-state index is 13.3. The second-order valence-corrected chi connectivity index (χ2v) is 7.09. The average Bonchev–Trinajstić information content (AvgIpc) is 3.25. The van der Waals surface area contributed by atoms with Crippen LogP contribution in [0.4, 0.5) is 14.5 Å². The van der Waals surface area contributed by atoms with Gasteiger partial charge in [0.1, 0.15) is 0 Å². The van der Waals surface area contributed by atoms with Crippen molar-refractivity contribution in [3.8, 4) is 0 Å². The Bertz CT molecular complexity index is 703. The lowest BCUT2D eigenvalue weighted by molar-refractivity contribution is -0.117. The van der Waals surface area contributed by atoms with Gasteiger partial charge in [0.15, 0.2) is 11.6 Å². The molecular formula is C18H20F2N2O2S. The molecule has 1 amide bonds. The molecule has 2 aromatic rings. The maximum Gasteiger partial charge on any atom is 0.238 e. The van der Waals surface area contributed by atoms with E-state index in [1.54, 1.807) is 11.3 Å². The molecule has 3 rings (SSSR count). The standard InChI is InChI=1S/C18H20F2N2O2S/c19-16-6-5-13(9-17(16)20)21-18(23)12-22(10-14-3-1-7-24-14)11-15-4-2-8-25-15/h2,4-6,8-9,14H,1,3,7,10-12H2,(H,21,23)/t14-/m1/s1. The second-order valence-electron chi connectivity index (χ2n) is 6.06. The van der Waals surface area contributed by atoms with Crippen LogP contribution in [0.5, 0.6) is 0 Å². The molecule has 1 saturated heterocycles. The van der Waals surface area contributed by atoms with Gasteiger partial charge < -0.3 is 10.1 Å². The first-order valence-electron chi connectivity index (χ1n) is 8.21. The van der Waals surface area contributed by atoms with Gasteiger partial charge in [-0.1, -0.05) is 6.07 Å². The van der Waals surface area contributed by atoms with Crippen molar-refractivity contribution in [1.29, 1.82) is 0 Å². The fourth-order valence-corrected chi connectivity index (χ4v) is 3.61. The van der Waals surface area contributed by atoms with Gasteiger partial charge in [-0.05, 0) is 36.4 Å². The number of rotatable bonds is 7. The molecule has 0 bridgehead atoms. The molecular weight excluding hydrogens is 346 g/mol. The van der Waals surface area contributed by atoms with E-state index in [4.69, 9.17) is 4.74 Å². The minimum Gasteiger partial charge on any atom is -0.377 e. The minimum atomic E-state index is -0.979. The molecule has 134 valence electrons. The molecule has 0 spiro atoms. The predicted molar refractivity (Wildman–Crippen MR) is 93.6 cm³/mol. The highest BCUT2D eigenvalue weighted by molar-refractivity contribution is 7.09. The summed E-state index contributed by atoms with van der Waals surface area (Å²) >= 11 is 1.64. The third-order valence-corrected chi connectivity index (χ3v) is 4.88. The molecule has 1 fully saturated rings. The van der Waals surface area contributed by atoms with Gasteiger partial charge in [0.25, 0.3) is 0 Å². The first kappa shape index (κ1) is 18.0. The topological polar surface area (TPSA) is 41.6 Å². The van der Waals surface area contributed by atoms with Crippen LogP contribution < -0.4 is 5.32 Å². The van der Waals surface area contributed by atoms with Crippen molar-refractivity contribution in [2.45, 2.75) is 25.5 Å². The Morgan fingerprint density at radius 1 is 1.32 bits per heavy atom. The lowest BCUT2D eigenvalue weighted by atomic mass is 10.2. The summed E-state index contributed by atoms with van der Waals surface area (Å²) in [6.45, 7) is 2.25. The van der Waals surface area contributed by atoms with Crippen LogP contribution >= 0.6 is 11.3 Å². The van der Waals surface area contributed by atoms with Gasteiger partial charge in [0, 0.05) is 36.3 Å². The Balaban J connectivity index is 1.61. The van der Waals surface area contributed by atoms with Crippen molar-refractivity contribution in [3.63, 3.8) is 0 Å². The van der Waals surface area contributed by atoms with E-state index in [0.29, 0.717) is 13.1 Å². The number of hydrogen-bond acceptors (Lipinski definition) is 4. The Kier molecular flexibility index (Phi) is 6.12. The third kappa shape index (κ3) is 5.32. The number of ether oxygens (including phenoxy) is 1. The highest BCUT2D eigenvalue weighted by Crippen LogP contribution is 2.18. The second kappa shape index (κ2) is 8.51. The first-order chi connectivity index (χ1) is 12.1. The van der Waals surface area contributed by atoms with E-state index in [1.807, 2.05) is 22.4 Å². The van der Waals surface area contributed by atoms with Crippen LogP contribution in [0, 0.1) is 11.6 Å². The number of halogens is 2. The zero-order valence-electron chi connectivity index (χ0n) is 13.7. The van der Waals surface area contributed by atoms with Crippen LogP contribution in [-0.4, -0.2) is 36.6 Å². The normalized spacial score (nSPS) is 17.2. The molecule has 1 aromatic heterocycles. The number of carbonyl (C=O) groups is 1. The number of thiophene rings is 1. The number of nitrogens with zero attached hydrogens (tertiary/aromatic N) is 1. The Morgan fingerprint density at radius 3 is 2.88 bits per heavy atom. The smallest absolute Gasteiger partial charge is 0.238 e. The zero-order chi connectivity index (χ0) is 17.6. The van der Waals surface area contributed by atoms with E-state index >= 15 is 0 Å². The molecule has 1 N–H and O–H groups in total. The van der Waals surface area contributed by atoms with Crippen LogP contribution in [0.1, 0.15) is 17.7 Å². The van der Waals surface area contributed by atoms with Crippen molar-refractivity contribution in [2.24, 2.45) is 0 Å². The summed E-state index contributed by atoms with van der Waals surface area (Å²) in [6, 6.07) is 7.34. The number of benzene rings is 1. The lowest BCUT2D eigenvalue weighted by Gasteiger charge is -2.24. The van der Waals surface area contributed by atoms with Crippen LogP contribution in [-0.2, 0) is 16.1 Å². The highest BCUT2D eigenvalue weighted by Gasteiger charge is 2.21. The Morgan fingerprint density at radius 2 is 2.20 bits per heavy atom. The fraction of sp³-hybridized carbons (Fsp3) is 0.389. The fourth-order valence-electron chi connectivity index (χ4n) is 2.86. The van der Waals surface area contributed by atoms with Crippen molar-refractivity contribution in [1.82, 2.24) is 4.90 Å². The molecule has 0 radical (unpaired) electrons. The van der Waals surface area contributed by atoms with Gasteiger partial charge in [-0.3, -0.25) is 9.69 Å². The molecule has 0 saturated carbocycles. The van der Waals surface area contributed by atoms with Crippen LogP contribution in [0.15, 0.2) is 35.7 Å². The summed E-state index contributed by atoms with van der Waals surface area (Å²) in [6.07, 6.45) is 2.17. The van der Waals surface area contributed by atoms with E-state index in [2.05, 4.69) is 5.32 Å². The number of anilines is 1. The summed E-state index contributed by atoms with van der Waals surface area (Å²) in [4.78, 5) is 15.5. The molecule has 1 aromatic carbocycles. The summed E-state index contributed by atoms with van der Waals surface area (Å²) in [5.74, 6) is -2.18. The number of carbonyl (C=O) groups excluding carboxylic acids is 1. The van der Waals surface area contributed by atoms with Crippen molar-refractivity contribution < 1.29 is 18.3 Å². The van der Waals surface area contributed by atoms with Gasteiger partial charge in [-0.25, -0.2) is 8.78 Å². The molecule has 1 aliphatic rings. The van der Waals surface area contributed by atoms with Crippen LogP contribution in [0.25, 0.3) is 0 Å². The Hall–Kier alpha value is -1.83. The van der Waals surface area contributed by atoms with Gasteiger partial charge in [0.2, 0.25) is 5.91 Å². The third-order valence-electron chi connectivity index (χ3n) is 4.02. The minimum absolute atomic E-state index is 0.135. The molecule has 4 nitrogen and oxygen atoms in total. The predicted octanol–water partition coefficient (Wildman–Crippen LogP) is 3.65. The molecule has 0 unspecified atom stereocenters. The molecule has 1 aliphatic heterocycles. The van der Waals surface area contributed by atoms with E-state index < -0.39 is 11.6 Å². The summed E-state index contributed by atoms with van der Waals surface area (Å²) in [5.41, 5.74) is 0.247. The van der Waals surface area contributed by atoms with E-state index in [1.165, 1.54) is 10.9 Å². The van der Waals surface area contributed by atoms with E-state index in [-0.39, 0.29) is 24.2 Å². The Labute approximate surface area is 149 Å². The summed E-state index contributed by atoms with van der Waals surface area (Å²) in [7, 11) is 0. The van der Waals surface area contributed by atoms with Crippen LogP contribution in [0.3, 0.4) is 0 Å². The van der Waals surface area contributed by atoms with Crippen LogP contribution in [0.2, 0.25) is 0 Å². The lowest BCUT2D eigenvalue weighted by Crippen LogP contribution is -2.37. The van der Waals surface area contributed by atoms with Gasteiger partial charge >= 0.3 is 0 Å².